The summed E-state index contributed by atoms with van der Waals surface area (Å²) in [5.41, 5.74) is 0.772. The van der Waals surface area contributed by atoms with Crippen molar-refractivity contribution in [3.63, 3.8) is 0 Å². The summed E-state index contributed by atoms with van der Waals surface area (Å²) in [4.78, 5) is 26.5. The number of nitrogens with zero attached hydrogens (tertiary/aromatic N) is 3. The van der Waals surface area contributed by atoms with Crippen molar-refractivity contribution < 1.29 is 14.3 Å². The third-order valence-corrected chi connectivity index (χ3v) is 5.32. The van der Waals surface area contributed by atoms with Gasteiger partial charge in [-0.25, -0.2) is 9.78 Å². The van der Waals surface area contributed by atoms with E-state index in [2.05, 4.69) is 15.0 Å². The summed E-state index contributed by atoms with van der Waals surface area (Å²) in [7, 11) is 0. The number of carbonyl (C=O) groups is 1. The van der Waals surface area contributed by atoms with Crippen LogP contribution in [0.2, 0.25) is 0 Å². The summed E-state index contributed by atoms with van der Waals surface area (Å²) in [5, 5.41) is 2.80. The van der Waals surface area contributed by atoms with Crippen LogP contribution >= 0.6 is 11.3 Å². The van der Waals surface area contributed by atoms with Crippen LogP contribution in [0.3, 0.4) is 0 Å². The fourth-order valence-corrected chi connectivity index (χ4v) is 4.02. The van der Waals surface area contributed by atoms with E-state index in [1.54, 1.807) is 26.2 Å². The molecule has 0 aliphatic carbocycles. The number of aryl methyl sites for hydroxylation is 2. The monoisotopic (exact) mass is 379 g/mol. The van der Waals surface area contributed by atoms with Crippen molar-refractivity contribution in [2.24, 2.45) is 0 Å². The number of pyridine rings is 1. The summed E-state index contributed by atoms with van der Waals surface area (Å²) in [6.07, 6.45) is 3.55. The van der Waals surface area contributed by atoms with Crippen LogP contribution in [0.5, 0.6) is 11.6 Å². The second-order valence-electron chi connectivity index (χ2n) is 6.02. The highest BCUT2D eigenvalue weighted by Crippen LogP contribution is 2.37. The van der Waals surface area contributed by atoms with Crippen LogP contribution in [-0.4, -0.2) is 27.5 Å². The first-order valence-corrected chi connectivity index (χ1v) is 9.35. The Kier molecular flexibility index (Phi) is 4.45. The number of carbonyl (C=O) groups excluding carboxylic acids is 1. The predicted molar refractivity (Wildman–Crippen MR) is 105 cm³/mol. The Morgan fingerprint density at radius 1 is 1.15 bits per heavy atom. The maximum Gasteiger partial charge on any atom is 0.348 e. The molecule has 136 valence electrons. The topological polar surface area (TPSA) is 74.2 Å². The Labute approximate surface area is 159 Å². The van der Waals surface area contributed by atoms with Gasteiger partial charge in [-0.3, -0.25) is 4.98 Å². The van der Waals surface area contributed by atoms with E-state index in [1.807, 2.05) is 31.2 Å². The van der Waals surface area contributed by atoms with Crippen LogP contribution in [0.15, 0.2) is 36.7 Å². The van der Waals surface area contributed by atoms with E-state index in [0.717, 1.165) is 21.7 Å². The van der Waals surface area contributed by atoms with Crippen molar-refractivity contribution in [3.8, 4) is 11.6 Å². The zero-order chi connectivity index (χ0) is 19.0. The van der Waals surface area contributed by atoms with E-state index >= 15 is 0 Å². The molecule has 27 heavy (non-hydrogen) atoms. The lowest BCUT2D eigenvalue weighted by Crippen LogP contribution is -2.03. The third kappa shape index (κ3) is 3.21. The van der Waals surface area contributed by atoms with Gasteiger partial charge in [-0.1, -0.05) is 0 Å². The molecule has 0 saturated heterocycles. The lowest BCUT2D eigenvalue weighted by Gasteiger charge is -2.08. The van der Waals surface area contributed by atoms with Crippen molar-refractivity contribution >= 4 is 38.3 Å². The molecular formula is C20H17N3O3S. The molecule has 0 radical (unpaired) electrons. The van der Waals surface area contributed by atoms with E-state index in [-0.39, 0.29) is 5.97 Å². The molecule has 0 spiro atoms. The number of rotatable bonds is 4. The molecule has 0 amide bonds. The van der Waals surface area contributed by atoms with Crippen LogP contribution in [0.25, 0.3) is 21.0 Å². The van der Waals surface area contributed by atoms with Gasteiger partial charge in [0.25, 0.3) is 0 Å². The van der Waals surface area contributed by atoms with Crippen molar-refractivity contribution in [1.82, 2.24) is 15.0 Å². The number of hydrogen-bond donors (Lipinski definition) is 0. The molecule has 3 heterocycles. The van der Waals surface area contributed by atoms with Crippen molar-refractivity contribution in [2.75, 3.05) is 6.61 Å². The predicted octanol–water partition coefficient (Wildman–Crippen LogP) is 4.83. The maximum atomic E-state index is 12.2. The van der Waals surface area contributed by atoms with Crippen LogP contribution in [0.1, 0.15) is 28.0 Å². The van der Waals surface area contributed by atoms with Gasteiger partial charge in [-0.2, -0.15) is 4.98 Å². The Hall–Kier alpha value is -3.06. The summed E-state index contributed by atoms with van der Waals surface area (Å²) in [6, 6.07) is 7.70. The van der Waals surface area contributed by atoms with Gasteiger partial charge in [0.1, 0.15) is 21.3 Å². The van der Waals surface area contributed by atoms with E-state index in [9.17, 15) is 4.79 Å². The second kappa shape index (κ2) is 6.92. The Balaban J connectivity index is 1.81. The zero-order valence-corrected chi connectivity index (χ0v) is 16.0. The quantitative estimate of drug-likeness (QED) is 0.473. The van der Waals surface area contributed by atoms with Gasteiger partial charge >= 0.3 is 5.97 Å². The molecule has 0 fully saturated rings. The van der Waals surface area contributed by atoms with E-state index in [1.165, 1.54) is 11.3 Å². The zero-order valence-electron chi connectivity index (χ0n) is 15.1. The highest BCUT2D eigenvalue weighted by Gasteiger charge is 2.22. The normalized spacial score (nSPS) is 11.1. The van der Waals surface area contributed by atoms with E-state index < -0.39 is 0 Å². The number of hydrogen-bond acceptors (Lipinski definition) is 7. The molecule has 0 saturated carbocycles. The Bertz CT molecular complexity index is 1170. The fraction of sp³-hybridized carbons (Fsp3) is 0.200. The van der Waals surface area contributed by atoms with Gasteiger partial charge in [-0.05, 0) is 56.0 Å². The molecule has 0 atom stereocenters. The molecule has 1 aromatic carbocycles. The SMILES string of the molecule is CCOC(=O)c1sc2nc(C)nc(Oc3ccc4cnccc4c3)c2c1C. The molecule has 0 aliphatic rings. The van der Waals surface area contributed by atoms with Gasteiger partial charge in [0.2, 0.25) is 5.88 Å². The number of aromatic nitrogens is 3. The molecule has 0 aliphatic heterocycles. The largest absolute Gasteiger partial charge is 0.462 e. The third-order valence-electron chi connectivity index (χ3n) is 4.16. The smallest absolute Gasteiger partial charge is 0.348 e. The average Bonchev–Trinajstić information content (AvgIpc) is 2.98. The Morgan fingerprint density at radius 2 is 2.00 bits per heavy atom. The molecule has 0 unspecified atom stereocenters. The molecule has 0 bridgehead atoms. The first kappa shape index (κ1) is 17.4. The molecule has 0 N–H and O–H groups in total. The first-order valence-electron chi connectivity index (χ1n) is 8.53. The van der Waals surface area contributed by atoms with Crippen LogP contribution in [-0.2, 0) is 4.74 Å². The molecule has 3 aromatic heterocycles. The fourth-order valence-electron chi connectivity index (χ4n) is 2.91. The molecule has 4 aromatic rings. The minimum absolute atomic E-state index is 0.326. The maximum absolute atomic E-state index is 12.2. The number of benzene rings is 1. The van der Waals surface area contributed by atoms with E-state index in [0.29, 0.717) is 33.8 Å². The molecule has 7 heteroatoms. The average molecular weight is 379 g/mol. The summed E-state index contributed by atoms with van der Waals surface area (Å²) < 4.78 is 11.2. The number of esters is 1. The van der Waals surface area contributed by atoms with Crippen molar-refractivity contribution in [3.05, 3.63) is 52.9 Å². The van der Waals surface area contributed by atoms with Crippen LogP contribution < -0.4 is 4.74 Å². The van der Waals surface area contributed by atoms with Crippen LogP contribution in [0, 0.1) is 13.8 Å². The molecule has 6 nitrogen and oxygen atoms in total. The van der Waals surface area contributed by atoms with Gasteiger partial charge in [0, 0.05) is 17.8 Å². The molecule has 4 rings (SSSR count). The van der Waals surface area contributed by atoms with Gasteiger partial charge in [-0.15, -0.1) is 11.3 Å². The number of ether oxygens (including phenoxy) is 2. The van der Waals surface area contributed by atoms with Gasteiger partial charge in [0.05, 0.1) is 12.0 Å². The summed E-state index contributed by atoms with van der Waals surface area (Å²) in [5.74, 6) is 1.34. The standard InChI is InChI=1S/C20H17N3O3S/c1-4-25-20(24)17-11(2)16-18(22-12(3)23-19(16)27-17)26-15-6-5-14-10-21-8-7-13(14)9-15/h5-10H,4H2,1-3H3. The first-order chi connectivity index (χ1) is 13.1. The summed E-state index contributed by atoms with van der Waals surface area (Å²) >= 11 is 1.30. The molecular weight excluding hydrogens is 362 g/mol. The minimum atomic E-state index is -0.347. The van der Waals surface area contributed by atoms with Crippen molar-refractivity contribution in [2.45, 2.75) is 20.8 Å². The number of fused-ring (bicyclic) bond motifs is 2. The van der Waals surface area contributed by atoms with Gasteiger partial charge < -0.3 is 9.47 Å². The lowest BCUT2D eigenvalue weighted by molar-refractivity contribution is 0.0531. The summed E-state index contributed by atoms with van der Waals surface area (Å²) in [6.45, 7) is 5.78. The second-order valence-corrected chi connectivity index (χ2v) is 7.02. The minimum Gasteiger partial charge on any atom is -0.462 e. The Morgan fingerprint density at radius 3 is 2.81 bits per heavy atom. The van der Waals surface area contributed by atoms with Crippen molar-refractivity contribution in [1.29, 1.82) is 0 Å². The highest BCUT2D eigenvalue weighted by molar-refractivity contribution is 7.20. The van der Waals surface area contributed by atoms with Gasteiger partial charge in [0.15, 0.2) is 0 Å². The van der Waals surface area contributed by atoms with Crippen LogP contribution in [0.4, 0.5) is 0 Å². The highest BCUT2D eigenvalue weighted by atomic mass is 32.1. The van der Waals surface area contributed by atoms with E-state index in [4.69, 9.17) is 9.47 Å². The lowest BCUT2D eigenvalue weighted by atomic mass is 10.2. The number of thiophene rings is 1.